The van der Waals surface area contributed by atoms with Gasteiger partial charge in [0.05, 0.1) is 4.92 Å². The molecule has 2 saturated heterocycles. The van der Waals surface area contributed by atoms with Gasteiger partial charge in [-0.1, -0.05) is 6.07 Å². The van der Waals surface area contributed by atoms with Gasteiger partial charge in [0.15, 0.2) is 0 Å². The molecule has 9 heteroatoms. The van der Waals surface area contributed by atoms with Gasteiger partial charge in [0, 0.05) is 64.0 Å². The fourth-order valence-electron chi connectivity index (χ4n) is 5.10. The van der Waals surface area contributed by atoms with Crippen molar-refractivity contribution >= 4 is 17.5 Å². The van der Waals surface area contributed by atoms with Crippen molar-refractivity contribution in [1.29, 1.82) is 0 Å². The van der Waals surface area contributed by atoms with Crippen LogP contribution in [-0.4, -0.2) is 82.7 Å². The molecule has 1 aromatic rings. The lowest BCUT2D eigenvalue weighted by Gasteiger charge is -2.42. The molecule has 194 valence electrons. The highest BCUT2D eigenvalue weighted by atomic mass is 16.6. The van der Waals surface area contributed by atoms with Crippen molar-refractivity contribution in [2.24, 2.45) is 5.92 Å². The highest BCUT2D eigenvalue weighted by Crippen LogP contribution is 2.32. The Labute approximate surface area is 208 Å². The number of nitro groups is 1. The third-order valence-corrected chi connectivity index (χ3v) is 7.21. The Kier molecular flexibility index (Phi) is 7.86. The molecule has 1 aliphatic carbocycles. The minimum absolute atomic E-state index is 0.163. The number of nitrogens with one attached hydrogen (secondary N) is 1. The summed E-state index contributed by atoms with van der Waals surface area (Å²) in [5.74, 6) is 0.605. The molecule has 1 amide bonds. The number of hydrogen-bond acceptors (Lipinski definition) is 7. The predicted octanol–water partition coefficient (Wildman–Crippen LogP) is 4.32. The maximum atomic E-state index is 12.3. The third-order valence-electron chi connectivity index (χ3n) is 7.21. The van der Waals surface area contributed by atoms with E-state index in [4.69, 9.17) is 4.74 Å². The largest absolute Gasteiger partial charge is 0.444 e. The Hall–Kier alpha value is -2.39. The van der Waals surface area contributed by atoms with E-state index >= 15 is 0 Å². The first-order chi connectivity index (χ1) is 16.6. The molecule has 1 saturated carbocycles. The molecule has 3 aliphatic rings. The second kappa shape index (κ2) is 10.7. The number of piperidine rings is 1. The van der Waals surface area contributed by atoms with E-state index in [1.165, 1.54) is 0 Å². The fourth-order valence-corrected chi connectivity index (χ4v) is 5.10. The van der Waals surface area contributed by atoms with Crippen LogP contribution in [0.3, 0.4) is 0 Å². The van der Waals surface area contributed by atoms with Crippen molar-refractivity contribution in [1.82, 2.24) is 14.7 Å². The molecule has 2 heterocycles. The van der Waals surface area contributed by atoms with Crippen LogP contribution in [0.15, 0.2) is 18.2 Å². The monoisotopic (exact) mass is 487 g/mol. The van der Waals surface area contributed by atoms with Gasteiger partial charge >= 0.3 is 6.09 Å². The van der Waals surface area contributed by atoms with Crippen molar-refractivity contribution < 1.29 is 14.5 Å². The van der Waals surface area contributed by atoms with Crippen LogP contribution < -0.4 is 5.32 Å². The summed E-state index contributed by atoms with van der Waals surface area (Å²) in [7, 11) is 0. The van der Waals surface area contributed by atoms with Crippen molar-refractivity contribution in [2.75, 3.05) is 44.6 Å². The number of nitro benzene ring substituents is 1. The van der Waals surface area contributed by atoms with Crippen LogP contribution in [0, 0.1) is 16.0 Å². The summed E-state index contributed by atoms with van der Waals surface area (Å²) in [6.07, 6.45) is 4.01. The van der Waals surface area contributed by atoms with Crippen LogP contribution in [0.4, 0.5) is 16.2 Å². The molecule has 3 fully saturated rings. The molecule has 2 aliphatic heterocycles. The molecular weight excluding hydrogens is 446 g/mol. The average molecular weight is 488 g/mol. The normalized spacial score (nSPS) is 22.7. The summed E-state index contributed by atoms with van der Waals surface area (Å²) in [6, 6.07) is 6.33. The summed E-state index contributed by atoms with van der Waals surface area (Å²) in [6.45, 7) is 14.4. The van der Waals surface area contributed by atoms with Gasteiger partial charge in [-0.15, -0.1) is 0 Å². The van der Waals surface area contributed by atoms with Crippen molar-refractivity contribution in [3.63, 3.8) is 0 Å². The quantitative estimate of drug-likeness (QED) is 0.452. The lowest BCUT2D eigenvalue weighted by atomic mass is 9.95. The minimum atomic E-state index is -0.452. The van der Waals surface area contributed by atoms with Gasteiger partial charge in [-0.25, -0.2) is 4.79 Å². The molecule has 1 atom stereocenters. The molecule has 0 unspecified atom stereocenters. The number of ether oxygens (including phenoxy) is 1. The standard InChI is InChI=1S/C26H41N5O4/c1-19-16-28(17-21-5-8-24(31(33)34)23(15-21)27-22-6-7-22)13-14-30(19)18-20-9-11-29(12-10-20)25(32)35-26(2,3)4/h5,8,15,19-20,22,27H,6-7,9-14,16-18H2,1-4H3/t19-/m0/s1. The van der Waals surface area contributed by atoms with Crippen LogP contribution in [0.2, 0.25) is 0 Å². The van der Waals surface area contributed by atoms with E-state index in [2.05, 4.69) is 22.0 Å². The first-order valence-corrected chi connectivity index (χ1v) is 13.1. The third kappa shape index (κ3) is 7.30. The molecule has 0 spiro atoms. The molecule has 0 bridgehead atoms. The van der Waals surface area contributed by atoms with Gasteiger partial charge in [-0.05, 0) is 70.9 Å². The Morgan fingerprint density at radius 1 is 1.14 bits per heavy atom. The molecule has 35 heavy (non-hydrogen) atoms. The topological polar surface area (TPSA) is 91.2 Å². The van der Waals surface area contributed by atoms with E-state index in [0.29, 0.717) is 23.7 Å². The van der Waals surface area contributed by atoms with Crippen LogP contribution in [-0.2, 0) is 11.3 Å². The molecule has 1 N–H and O–H groups in total. The van der Waals surface area contributed by atoms with Crippen molar-refractivity contribution in [3.05, 3.63) is 33.9 Å². The number of benzene rings is 1. The highest BCUT2D eigenvalue weighted by molar-refractivity contribution is 5.68. The SMILES string of the molecule is C[C@H]1CN(Cc2ccc([N+](=O)[O-])c(NC3CC3)c2)CCN1CC1CCN(C(=O)OC(C)(C)C)CC1. The van der Waals surface area contributed by atoms with Gasteiger partial charge in [0.1, 0.15) is 11.3 Å². The van der Waals surface area contributed by atoms with Crippen molar-refractivity contribution in [3.8, 4) is 0 Å². The van der Waals surface area contributed by atoms with Crippen LogP contribution in [0.1, 0.15) is 58.9 Å². The van der Waals surface area contributed by atoms with Gasteiger partial charge in [-0.3, -0.25) is 19.9 Å². The Morgan fingerprint density at radius 2 is 1.86 bits per heavy atom. The van der Waals surface area contributed by atoms with E-state index in [1.54, 1.807) is 6.07 Å². The average Bonchev–Trinajstić information content (AvgIpc) is 3.59. The fraction of sp³-hybridized carbons (Fsp3) is 0.731. The maximum absolute atomic E-state index is 12.3. The van der Waals surface area contributed by atoms with Gasteiger partial charge < -0.3 is 15.0 Å². The second-order valence-corrected chi connectivity index (χ2v) is 11.5. The summed E-state index contributed by atoms with van der Waals surface area (Å²) >= 11 is 0. The molecule has 0 aromatic heterocycles. The Bertz CT molecular complexity index is 905. The summed E-state index contributed by atoms with van der Waals surface area (Å²) in [4.78, 5) is 30.3. The first kappa shape index (κ1) is 25.7. The van der Waals surface area contributed by atoms with Gasteiger partial charge in [0.2, 0.25) is 0 Å². The second-order valence-electron chi connectivity index (χ2n) is 11.5. The number of carbonyl (C=O) groups is 1. The summed E-state index contributed by atoms with van der Waals surface area (Å²) in [5, 5.41) is 14.7. The molecule has 1 aromatic carbocycles. The molecule has 9 nitrogen and oxygen atoms in total. The highest BCUT2D eigenvalue weighted by Gasteiger charge is 2.31. The number of nitrogens with zero attached hydrogens (tertiary/aromatic N) is 4. The zero-order valence-electron chi connectivity index (χ0n) is 21.7. The molecule has 0 radical (unpaired) electrons. The Morgan fingerprint density at radius 3 is 2.46 bits per heavy atom. The number of anilines is 1. The summed E-state index contributed by atoms with van der Waals surface area (Å²) in [5.41, 5.74) is 1.48. The lowest BCUT2D eigenvalue weighted by Crippen LogP contribution is -2.53. The van der Waals surface area contributed by atoms with E-state index in [9.17, 15) is 14.9 Å². The Balaban J connectivity index is 1.24. The smallest absolute Gasteiger partial charge is 0.410 e. The summed E-state index contributed by atoms with van der Waals surface area (Å²) < 4.78 is 5.52. The lowest BCUT2D eigenvalue weighted by molar-refractivity contribution is -0.384. The van der Waals surface area contributed by atoms with Gasteiger partial charge in [-0.2, -0.15) is 0 Å². The van der Waals surface area contributed by atoms with E-state index in [0.717, 1.165) is 77.1 Å². The van der Waals surface area contributed by atoms with E-state index < -0.39 is 5.60 Å². The first-order valence-electron chi connectivity index (χ1n) is 13.1. The number of hydrogen-bond donors (Lipinski definition) is 1. The van der Waals surface area contributed by atoms with Crippen LogP contribution in [0.25, 0.3) is 0 Å². The molecular formula is C26H41N5O4. The number of rotatable bonds is 7. The number of amides is 1. The predicted molar refractivity (Wildman–Crippen MR) is 137 cm³/mol. The number of carbonyl (C=O) groups excluding carboxylic acids is 1. The number of piperazine rings is 1. The maximum Gasteiger partial charge on any atom is 0.410 e. The zero-order valence-corrected chi connectivity index (χ0v) is 21.7. The van der Waals surface area contributed by atoms with Gasteiger partial charge in [0.25, 0.3) is 5.69 Å². The zero-order chi connectivity index (χ0) is 25.2. The number of likely N-dealkylation sites (tertiary alicyclic amines) is 1. The van der Waals surface area contributed by atoms with Crippen LogP contribution >= 0.6 is 0 Å². The minimum Gasteiger partial charge on any atom is -0.444 e. The van der Waals surface area contributed by atoms with E-state index in [-0.39, 0.29) is 16.7 Å². The van der Waals surface area contributed by atoms with E-state index in [1.807, 2.05) is 37.8 Å². The van der Waals surface area contributed by atoms with Crippen molar-refractivity contribution in [2.45, 2.75) is 77.6 Å². The van der Waals surface area contributed by atoms with Crippen LogP contribution in [0.5, 0.6) is 0 Å². The molecule has 4 rings (SSSR count).